The van der Waals surface area contributed by atoms with E-state index in [4.69, 9.17) is 4.74 Å². The van der Waals surface area contributed by atoms with Crippen LogP contribution in [0.15, 0.2) is 0 Å². The first kappa shape index (κ1) is 7.92. The van der Waals surface area contributed by atoms with Crippen molar-refractivity contribution in [2.75, 3.05) is 19.8 Å². The molecule has 0 bridgehead atoms. The standard InChI is InChI=1S/C6H15NO/c1-3-5-8-6-4-7-2/h2-7H2,1H3. The molecule has 0 aliphatic rings. The summed E-state index contributed by atoms with van der Waals surface area (Å²) >= 11 is 0. The molecule has 2 N–H and O–H groups in total. The predicted octanol–water partition coefficient (Wildman–Crippen LogP) is -0.232. The molecule has 0 unspecified atom stereocenters. The number of quaternary nitrogens is 1. The molecule has 0 aromatic rings. The van der Waals surface area contributed by atoms with Crippen LogP contribution in [0.2, 0.25) is 0 Å². The van der Waals surface area contributed by atoms with Crippen LogP contribution < -0.4 is 5.32 Å². The van der Waals surface area contributed by atoms with E-state index in [0.717, 1.165) is 26.2 Å². The van der Waals surface area contributed by atoms with Crippen LogP contribution in [0, 0.1) is 7.05 Å². The highest BCUT2D eigenvalue weighted by Crippen LogP contribution is 1.75. The maximum atomic E-state index is 5.15. The molecular formula is C6H15NO. The van der Waals surface area contributed by atoms with Crippen LogP contribution in [0.25, 0.3) is 0 Å². The van der Waals surface area contributed by atoms with Crippen molar-refractivity contribution in [2.45, 2.75) is 13.3 Å². The third-order valence-electron chi connectivity index (χ3n) is 0.815. The molecule has 0 rings (SSSR count). The van der Waals surface area contributed by atoms with Crippen molar-refractivity contribution < 1.29 is 10.1 Å². The molecule has 8 heavy (non-hydrogen) atoms. The summed E-state index contributed by atoms with van der Waals surface area (Å²) in [6.45, 7) is 4.79. The summed E-state index contributed by atoms with van der Waals surface area (Å²) < 4.78 is 5.15. The third-order valence-corrected chi connectivity index (χ3v) is 0.815. The average molecular weight is 117 g/mol. The van der Waals surface area contributed by atoms with Crippen molar-refractivity contribution in [3.63, 3.8) is 0 Å². The zero-order chi connectivity index (χ0) is 6.24. The van der Waals surface area contributed by atoms with Crippen LogP contribution in [0.5, 0.6) is 0 Å². The van der Waals surface area contributed by atoms with Gasteiger partial charge in [-0.05, 0) is 6.42 Å². The van der Waals surface area contributed by atoms with Gasteiger partial charge in [-0.25, -0.2) is 0 Å². The van der Waals surface area contributed by atoms with Gasteiger partial charge in [-0.1, -0.05) is 6.92 Å². The van der Waals surface area contributed by atoms with Crippen molar-refractivity contribution in [1.82, 2.24) is 0 Å². The Morgan fingerprint density at radius 2 is 2.25 bits per heavy atom. The molecular weight excluding hydrogens is 102 g/mol. The lowest BCUT2D eigenvalue weighted by molar-refractivity contribution is -0.597. The Balaban J connectivity index is 2.53. The Morgan fingerprint density at radius 1 is 1.50 bits per heavy atom. The van der Waals surface area contributed by atoms with Gasteiger partial charge in [-0.15, -0.1) is 0 Å². The SMILES string of the molecule is [CH2-][NH2+]CCOCCC. The van der Waals surface area contributed by atoms with Gasteiger partial charge in [-0.2, -0.15) is 7.05 Å². The molecule has 2 nitrogen and oxygen atoms in total. The van der Waals surface area contributed by atoms with Crippen LogP contribution in [0.4, 0.5) is 0 Å². The van der Waals surface area contributed by atoms with Crippen molar-refractivity contribution in [3.8, 4) is 0 Å². The Bertz CT molecular complexity index is 33.5. The van der Waals surface area contributed by atoms with Gasteiger partial charge in [0, 0.05) is 6.61 Å². The largest absolute Gasteiger partial charge is 0.477 e. The molecule has 0 spiro atoms. The molecule has 0 saturated heterocycles. The van der Waals surface area contributed by atoms with Gasteiger partial charge >= 0.3 is 0 Å². The Morgan fingerprint density at radius 3 is 2.75 bits per heavy atom. The minimum Gasteiger partial charge on any atom is -0.477 e. The van der Waals surface area contributed by atoms with E-state index in [2.05, 4.69) is 14.0 Å². The molecule has 0 aliphatic heterocycles. The Kier molecular flexibility index (Phi) is 6.85. The number of rotatable bonds is 5. The number of nitrogens with two attached hydrogens (primary N) is 1. The molecule has 0 aliphatic carbocycles. The first-order valence-corrected chi connectivity index (χ1v) is 3.10. The normalized spacial score (nSPS) is 9.75. The summed E-state index contributed by atoms with van der Waals surface area (Å²) in [5.74, 6) is 0. The van der Waals surface area contributed by atoms with E-state index >= 15 is 0 Å². The van der Waals surface area contributed by atoms with E-state index in [0.29, 0.717) is 0 Å². The van der Waals surface area contributed by atoms with Crippen molar-refractivity contribution in [3.05, 3.63) is 7.05 Å². The van der Waals surface area contributed by atoms with Gasteiger partial charge in [0.25, 0.3) is 0 Å². The van der Waals surface area contributed by atoms with Crippen LogP contribution in [0.1, 0.15) is 13.3 Å². The quantitative estimate of drug-likeness (QED) is 0.390. The first-order valence-electron chi connectivity index (χ1n) is 3.10. The van der Waals surface area contributed by atoms with E-state index in [1.807, 2.05) is 5.32 Å². The highest BCUT2D eigenvalue weighted by atomic mass is 16.5. The molecule has 0 aromatic heterocycles. The lowest BCUT2D eigenvalue weighted by Gasteiger charge is -2.00. The van der Waals surface area contributed by atoms with Gasteiger partial charge in [0.1, 0.15) is 0 Å². The summed E-state index contributed by atoms with van der Waals surface area (Å²) in [6.07, 6.45) is 1.11. The van der Waals surface area contributed by atoms with Gasteiger partial charge in [0.15, 0.2) is 0 Å². The highest BCUT2D eigenvalue weighted by Gasteiger charge is 1.81. The summed E-state index contributed by atoms with van der Waals surface area (Å²) in [5.41, 5.74) is 0. The monoisotopic (exact) mass is 117 g/mol. The van der Waals surface area contributed by atoms with Crippen LogP contribution in [-0.4, -0.2) is 19.8 Å². The molecule has 0 aromatic carbocycles. The Labute approximate surface area is 51.2 Å². The summed E-state index contributed by atoms with van der Waals surface area (Å²) in [6, 6.07) is 0. The zero-order valence-electron chi connectivity index (χ0n) is 5.52. The lowest BCUT2D eigenvalue weighted by Crippen LogP contribution is -2.78. The second-order valence-corrected chi connectivity index (χ2v) is 1.69. The fourth-order valence-electron chi connectivity index (χ4n) is 0.413. The van der Waals surface area contributed by atoms with Crippen LogP contribution >= 0.6 is 0 Å². The van der Waals surface area contributed by atoms with Crippen molar-refractivity contribution in [2.24, 2.45) is 0 Å². The minimum atomic E-state index is 0.831. The van der Waals surface area contributed by atoms with E-state index < -0.39 is 0 Å². The van der Waals surface area contributed by atoms with E-state index in [1.54, 1.807) is 0 Å². The smallest absolute Gasteiger partial charge is 0.0934 e. The molecule has 0 radical (unpaired) electrons. The second kappa shape index (κ2) is 6.92. The molecule has 0 heterocycles. The predicted molar refractivity (Wildman–Crippen MR) is 33.3 cm³/mol. The zero-order valence-corrected chi connectivity index (χ0v) is 5.52. The molecule has 0 atom stereocenters. The van der Waals surface area contributed by atoms with Gasteiger partial charge in [0.05, 0.1) is 13.2 Å². The van der Waals surface area contributed by atoms with Gasteiger partial charge in [-0.3, -0.25) is 0 Å². The van der Waals surface area contributed by atoms with E-state index in [1.165, 1.54) is 0 Å². The topological polar surface area (TPSA) is 25.8 Å². The minimum absolute atomic E-state index is 0.831. The third kappa shape index (κ3) is 5.92. The molecule has 50 valence electrons. The fraction of sp³-hybridized carbons (Fsp3) is 0.833. The highest BCUT2D eigenvalue weighted by molar-refractivity contribution is 4.24. The van der Waals surface area contributed by atoms with Crippen LogP contribution in [0.3, 0.4) is 0 Å². The summed E-state index contributed by atoms with van der Waals surface area (Å²) in [4.78, 5) is 0. The van der Waals surface area contributed by atoms with E-state index in [-0.39, 0.29) is 0 Å². The lowest BCUT2D eigenvalue weighted by atomic mass is 10.5. The van der Waals surface area contributed by atoms with Crippen molar-refractivity contribution in [1.29, 1.82) is 0 Å². The number of hydrogen-bond acceptors (Lipinski definition) is 1. The molecule has 0 fully saturated rings. The van der Waals surface area contributed by atoms with Crippen molar-refractivity contribution >= 4 is 0 Å². The van der Waals surface area contributed by atoms with Gasteiger partial charge in [0.2, 0.25) is 0 Å². The fourth-order valence-corrected chi connectivity index (χ4v) is 0.413. The second-order valence-electron chi connectivity index (χ2n) is 1.69. The summed E-state index contributed by atoms with van der Waals surface area (Å²) in [5, 5.41) is 1.87. The van der Waals surface area contributed by atoms with Gasteiger partial charge < -0.3 is 10.1 Å². The Hall–Kier alpha value is -0.0800. The number of ether oxygens (including phenoxy) is 1. The first-order chi connectivity index (χ1) is 3.91. The summed E-state index contributed by atoms with van der Waals surface area (Å²) in [7, 11) is 3.58. The maximum Gasteiger partial charge on any atom is 0.0934 e. The molecule has 0 amide bonds. The average Bonchev–Trinajstić information content (AvgIpc) is 1.81. The number of hydrogen-bond donors (Lipinski definition) is 1. The van der Waals surface area contributed by atoms with Crippen LogP contribution in [-0.2, 0) is 4.74 Å². The molecule has 0 saturated carbocycles. The maximum absolute atomic E-state index is 5.15. The van der Waals surface area contributed by atoms with E-state index in [9.17, 15) is 0 Å². The molecule has 2 heteroatoms.